The summed E-state index contributed by atoms with van der Waals surface area (Å²) in [6, 6.07) is 21.2. The van der Waals surface area contributed by atoms with Gasteiger partial charge in [0.15, 0.2) is 0 Å². The monoisotopic (exact) mass is 720 g/mol. The molecule has 0 aliphatic heterocycles. The molecule has 4 amide bonds. The van der Waals surface area contributed by atoms with Gasteiger partial charge in [-0.1, -0.05) is 74.5 Å². The van der Waals surface area contributed by atoms with Crippen LogP contribution >= 0.6 is 10.0 Å². The second-order valence-electron chi connectivity index (χ2n) is 14.0. The van der Waals surface area contributed by atoms with E-state index in [-0.39, 0.29) is 38.1 Å². The predicted octanol–water partition coefficient (Wildman–Crippen LogP) is 5.76. The predicted molar refractivity (Wildman–Crippen MR) is 203 cm³/mol. The van der Waals surface area contributed by atoms with Gasteiger partial charge >= 0.3 is 12.2 Å². The van der Waals surface area contributed by atoms with Crippen LogP contribution in [0.3, 0.4) is 0 Å². The van der Waals surface area contributed by atoms with E-state index in [9.17, 15) is 24.3 Å². The van der Waals surface area contributed by atoms with E-state index < -0.39 is 46.1 Å². The maximum atomic E-state index is 13.5. The van der Waals surface area contributed by atoms with Crippen molar-refractivity contribution in [2.24, 2.45) is 5.92 Å². The summed E-state index contributed by atoms with van der Waals surface area (Å²) in [5.41, 5.74) is 5.79. The molecule has 0 saturated heterocycles. The van der Waals surface area contributed by atoms with Crippen LogP contribution in [0.4, 0.5) is 15.3 Å². The Morgan fingerprint density at radius 2 is 1.41 bits per heavy atom. The summed E-state index contributed by atoms with van der Waals surface area (Å²) in [7, 11) is -0.852. The molecule has 0 saturated carbocycles. The van der Waals surface area contributed by atoms with Gasteiger partial charge in [0, 0.05) is 23.9 Å². The third-order valence-corrected chi connectivity index (χ3v) is 10.1. The second kappa shape index (κ2) is 18.6. The van der Waals surface area contributed by atoms with Gasteiger partial charge in [0.1, 0.15) is 25.3 Å². The minimum absolute atomic E-state index is 0.0404. The molecule has 0 radical (unpaired) electrons. The first-order valence-corrected chi connectivity index (χ1v) is 20.4. The van der Waals surface area contributed by atoms with E-state index in [0.717, 1.165) is 28.0 Å². The van der Waals surface area contributed by atoms with E-state index in [1.165, 1.54) is 0 Å². The van der Waals surface area contributed by atoms with E-state index >= 15 is 0 Å². The highest BCUT2D eigenvalue weighted by Crippen LogP contribution is 2.44. The molecule has 0 aromatic heterocycles. The molecule has 11 nitrogen and oxygen atoms in total. The minimum atomic E-state index is -0.923. The summed E-state index contributed by atoms with van der Waals surface area (Å²) in [4.78, 5) is 52.1. The third kappa shape index (κ3) is 11.8. The molecule has 0 spiro atoms. The van der Waals surface area contributed by atoms with Gasteiger partial charge < -0.3 is 35.8 Å². The van der Waals surface area contributed by atoms with Crippen LogP contribution in [0.15, 0.2) is 72.8 Å². The zero-order valence-corrected chi connectivity index (χ0v) is 31.0. The van der Waals surface area contributed by atoms with Crippen molar-refractivity contribution in [1.82, 2.24) is 16.0 Å². The van der Waals surface area contributed by atoms with Crippen LogP contribution in [0.2, 0.25) is 0 Å². The Labute approximate surface area is 302 Å². The molecule has 4 rings (SSSR count). The Balaban J connectivity index is 1.30. The fraction of sp³-hybridized carbons (Fsp3) is 0.436. The molecule has 5 N–H and O–H groups in total. The summed E-state index contributed by atoms with van der Waals surface area (Å²) < 4.78 is 11.0. The summed E-state index contributed by atoms with van der Waals surface area (Å²) in [6.45, 7) is 4.26. The number of nitrogens with one attached hydrogen (secondary N) is 4. The molecule has 1 aliphatic carbocycles. The van der Waals surface area contributed by atoms with Crippen molar-refractivity contribution in [3.63, 3.8) is 0 Å². The van der Waals surface area contributed by atoms with E-state index in [0.29, 0.717) is 30.6 Å². The van der Waals surface area contributed by atoms with Crippen molar-refractivity contribution in [2.45, 2.75) is 57.7 Å². The summed E-state index contributed by atoms with van der Waals surface area (Å²) in [6.07, 6.45) is 6.49. The number of fused-ring (bicyclic) bond motifs is 3. The van der Waals surface area contributed by atoms with Crippen molar-refractivity contribution in [1.29, 1.82) is 0 Å². The first kappa shape index (κ1) is 39.2. The van der Waals surface area contributed by atoms with E-state index in [2.05, 4.69) is 64.3 Å². The van der Waals surface area contributed by atoms with Gasteiger partial charge in [0.2, 0.25) is 11.8 Å². The molecule has 3 aromatic carbocycles. The Morgan fingerprint density at radius 3 is 2.00 bits per heavy atom. The summed E-state index contributed by atoms with van der Waals surface area (Å²) in [5.74, 6) is -0.501. The number of alkyl carbamates (subject to hydrolysis) is 2. The molecule has 2 atom stereocenters. The fourth-order valence-electron chi connectivity index (χ4n) is 5.85. The maximum Gasteiger partial charge on any atom is 0.407 e. The molecule has 3 aromatic rings. The SMILES string of the molecule is CC(C)C(NC(=O)OCCS(C)(C)C)C(=O)N[C@@H](CCCCNC(=O)OCC1c2ccccc2-c2ccccc21)C(=O)Nc1ccc(CO)cc1. The number of unbranched alkanes of at least 4 members (excludes halogenated alkanes) is 1. The summed E-state index contributed by atoms with van der Waals surface area (Å²) >= 11 is 0. The van der Waals surface area contributed by atoms with E-state index in [4.69, 9.17) is 9.47 Å². The number of ether oxygens (including phenoxy) is 2. The Morgan fingerprint density at radius 1 is 0.784 bits per heavy atom. The highest BCUT2D eigenvalue weighted by molar-refractivity contribution is 8.32. The first-order chi connectivity index (χ1) is 24.4. The van der Waals surface area contributed by atoms with E-state index in [1.54, 1.807) is 38.1 Å². The molecule has 12 heteroatoms. The molecule has 0 bridgehead atoms. The standard InChI is InChI=1S/C39H52N4O7S/c1-26(2)35(43-39(48)49-22-23-51(3,4)5)37(46)42-34(36(45)41-28-19-17-27(24-44)18-20-28)16-10-11-21-40-38(47)50-25-33-31-14-8-6-12-29(31)30-13-7-9-15-32(30)33/h6-9,12-15,17-20,26,33-35,44H,10-11,16,21-25H2,1-5H3,(H,40,47)(H,41,45)(H,42,46)(H,43,48)/t34-,35?/m0/s1. The van der Waals surface area contributed by atoms with Crippen molar-refractivity contribution < 1.29 is 33.8 Å². The van der Waals surface area contributed by atoms with Crippen molar-refractivity contribution >= 4 is 39.7 Å². The van der Waals surface area contributed by atoms with Crippen LogP contribution in [-0.4, -0.2) is 85.5 Å². The van der Waals surface area contributed by atoms with Gasteiger partial charge in [-0.25, -0.2) is 19.6 Å². The van der Waals surface area contributed by atoms with Gasteiger partial charge in [0.05, 0.1) is 6.61 Å². The van der Waals surface area contributed by atoms with Crippen molar-refractivity contribution in [3.8, 4) is 11.1 Å². The lowest BCUT2D eigenvalue weighted by molar-refractivity contribution is -0.128. The number of carbonyl (C=O) groups excluding carboxylic acids is 4. The van der Waals surface area contributed by atoms with Crippen LogP contribution in [0, 0.1) is 5.92 Å². The molecular formula is C39H52N4O7S. The molecule has 51 heavy (non-hydrogen) atoms. The van der Waals surface area contributed by atoms with Crippen molar-refractivity contribution in [3.05, 3.63) is 89.5 Å². The highest BCUT2D eigenvalue weighted by Gasteiger charge is 2.30. The number of aliphatic hydroxyl groups excluding tert-OH is 1. The van der Waals surface area contributed by atoms with Crippen LogP contribution in [0.5, 0.6) is 0 Å². The quantitative estimate of drug-likeness (QED) is 0.111. The smallest absolute Gasteiger partial charge is 0.407 e. The van der Waals surface area contributed by atoms with Crippen LogP contribution < -0.4 is 21.3 Å². The van der Waals surface area contributed by atoms with Gasteiger partial charge in [-0.3, -0.25) is 9.59 Å². The molecule has 0 heterocycles. The Kier molecular flexibility index (Phi) is 14.3. The van der Waals surface area contributed by atoms with Crippen LogP contribution in [0.1, 0.15) is 55.7 Å². The molecule has 0 fully saturated rings. The number of rotatable bonds is 17. The molecule has 1 aliphatic rings. The average Bonchev–Trinajstić information content (AvgIpc) is 3.42. The van der Waals surface area contributed by atoms with Gasteiger partial charge in [-0.2, -0.15) is 0 Å². The van der Waals surface area contributed by atoms with Crippen LogP contribution in [0.25, 0.3) is 11.1 Å². The van der Waals surface area contributed by atoms with Gasteiger partial charge in [-0.05, 0) is 83.9 Å². The largest absolute Gasteiger partial charge is 0.449 e. The number of carbonyl (C=O) groups is 4. The zero-order valence-electron chi connectivity index (χ0n) is 30.2. The molecule has 1 unspecified atom stereocenters. The average molecular weight is 721 g/mol. The van der Waals surface area contributed by atoms with Crippen molar-refractivity contribution in [2.75, 3.05) is 49.6 Å². The number of anilines is 1. The maximum absolute atomic E-state index is 13.5. The van der Waals surface area contributed by atoms with E-state index in [1.807, 2.05) is 24.3 Å². The minimum Gasteiger partial charge on any atom is -0.449 e. The second-order valence-corrected chi connectivity index (χ2v) is 18.5. The summed E-state index contributed by atoms with van der Waals surface area (Å²) in [5, 5.41) is 20.5. The molecule has 276 valence electrons. The fourth-order valence-corrected chi connectivity index (χ4v) is 6.44. The normalized spacial score (nSPS) is 13.7. The lowest BCUT2D eigenvalue weighted by atomic mass is 9.98. The number of benzene rings is 3. The first-order valence-electron chi connectivity index (χ1n) is 17.4. The Hall–Kier alpha value is -4.55. The molecular weight excluding hydrogens is 669 g/mol. The van der Waals surface area contributed by atoms with Crippen LogP contribution in [-0.2, 0) is 25.7 Å². The third-order valence-electron chi connectivity index (χ3n) is 8.72. The highest BCUT2D eigenvalue weighted by atomic mass is 32.3. The number of amides is 4. The lowest BCUT2D eigenvalue weighted by Gasteiger charge is -2.26. The number of aliphatic hydroxyl groups is 1. The topological polar surface area (TPSA) is 155 Å². The van der Waals surface area contributed by atoms with Gasteiger partial charge in [0.25, 0.3) is 0 Å². The zero-order chi connectivity index (χ0) is 37.0. The number of hydrogen-bond donors (Lipinski definition) is 5. The Bertz CT molecular complexity index is 1600. The van der Waals surface area contributed by atoms with Gasteiger partial charge in [-0.15, -0.1) is 0 Å². The number of hydrogen-bond acceptors (Lipinski definition) is 7. The lowest BCUT2D eigenvalue weighted by Crippen LogP contribution is -2.54.